The molecular weight excluding hydrogens is 276 g/mol. The molecule has 20 heavy (non-hydrogen) atoms. The van der Waals surface area contributed by atoms with Gasteiger partial charge in [-0.3, -0.25) is 4.31 Å². The molecule has 0 atom stereocenters. The van der Waals surface area contributed by atoms with E-state index < -0.39 is 10.0 Å². The van der Waals surface area contributed by atoms with Gasteiger partial charge in [-0.1, -0.05) is 36.2 Å². The lowest BCUT2D eigenvalue weighted by Gasteiger charge is -2.22. The molecule has 1 aromatic carbocycles. The average Bonchev–Trinajstić information content (AvgIpc) is 2.41. The maximum absolute atomic E-state index is 11.8. The lowest BCUT2D eigenvalue weighted by Crippen LogP contribution is -2.30. The van der Waals surface area contributed by atoms with Crippen molar-refractivity contribution in [2.45, 2.75) is 25.7 Å². The van der Waals surface area contributed by atoms with Gasteiger partial charge < -0.3 is 0 Å². The number of nitrogens with zero attached hydrogens (tertiary/aromatic N) is 4. The highest BCUT2D eigenvalue weighted by molar-refractivity contribution is 7.92. The second-order valence-electron chi connectivity index (χ2n) is 4.54. The predicted molar refractivity (Wildman–Crippen MR) is 81.1 cm³/mol. The molecule has 0 unspecified atom stereocenters. The Morgan fingerprint density at radius 3 is 2.40 bits per heavy atom. The molecule has 110 valence electrons. The Morgan fingerprint density at radius 1 is 1.15 bits per heavy atom. The zero-order valence-electron chi connectivity index (χ0n) is 11.6. The van der Waals surface area contributed by atoms with Crippen LogP contribution < -0.4 is 4.31 Å². The van der Waals surface area contributed by atoms with Crippen LogP contribution >= 0.6 is 0 Å². The number of rotatable bonds is 9. The lowest BCUT2D eigenvalue weighted by atomic mass is 10.2. The second kappa shape index (κ2) is 8.45. The molecular formula is C13H20N4O2S. The summed E-state index contributed by atoms with van der Waals surface area (Å²) in [5.74, 6) is 0. The van der Waals surface area contributed by atoms with E-state index in [0.717, 1.165) is 25.7 Å². The van der Waals surface area contributed by atoms with Gasteiger partial charge in [-0.05, 0) is 30.5 Å². The maximum Gasteiger partial charge on any atom is 0.232 e. The summed E-state index contributed by atoms with van der Waals surface area (Å²) in [5.41, 5.74) is 8.84. The van der Waals surface area contributed by atoms with E-state index in [1.54, 1.807) is 12.1 Å². The van der Waals surface area contributed by atoms with E-state index in [1.165, 1.54) is 10.6 Å². The molecule has 0 spiro atoms. The van der Waals surface area contributed by atoms with Crippen LogP contribution in [0.1, 0.15) is 25.7 Å². The van der Waals surface area contributed by atoms with Crippen LogP contribution in [-0.2, 0) is 10.0 Å². The first-order chi connectivity index (χ1) is 9.55. The van der Waals surface area contributed by atoms with Gasteiger partial charge in [0.2, 0.25) is 10.0 Å². The summed E-state index contributed by atoms with van der Waals surface area (Å²) >= 11 is 0. The molecule has 0 radical (unpaired) electrons. The summed E-state index contributed by atoms with van der Waals surface area (Å²) in [4.78, 5) is 2.69. The van der Waals surface area contributed by atoms with E-state index in [9.17, 15) is 8.42 Å². The van der Waals surface area contributed by atoms with Crippen molar-refractivity contribution in [3.63, 3.8) is 0 Å². The van der Waals surface area contributed by atoms with E-state index in [-0.39, 0.29) is 0 Å². The summed E-state index contributed by atoms with van der Waals surface area (Å²) in [6.45, 7) is 0.981. The highest BCUT2D eigenvalue weighted by Gasteiger charge is 2.16. The summed E-state index contributed by atoms with van der Waals surface area (Å²) in [6.07, 6.45) is 4.71. The van der Waals surface area contributed by atoms with Gasteiger partial charge >= 0.3 is 0 Å². The monoisotopic (exact) mass is 296 g/mol. The van der Waals surface area contributed by atoms with Gasteiger partial charge in [-0.25, -0.2) is 8.42 Å². The fourth-order valence-electron chi connectivity index (χ4n) is 1.92. The van der Waals surface area contributed by atoms with E-state index >= 15 is 0 Å². The van der Waals surface area contributed by atoms with E-state index in [4.69, 9.17) is 5.53 Å². The van der Waals surface area contributed by atoms with Crippen LogP contribution in [0.2, 0.25) is 0 Å². The number of hydrogen-bond acceptors (Lipinski definition) is 3. The zero-order valence-corrected chi connectivity index (χ0v) is 12.5. The second-order valence-corrected chi connectivity index (χ2v) is 6.45. The number of azide groups is 1. The number of unbranched alkanes of at least 4 members (excludes halogenated alkanes) is 3. The molecule has 1 rings (SSSR count). The van der Waals surface area contributed by atoms with Crippen molar-refractivity contribution in [2.24, 2.45) is 5.11 Å². The van der Waals surface area contributed by atoms with Crippen LogP contribution in [0.15, 0.2) is 35.4 Å². The lowest BCUT2D eigenvalue weighted by molar-refractivity contribution is 0.590. The molecule has 0 amide bonds. The fraction of sp³-hybridized carbons (Fsp3) is 0.538. The topological polar surface area (TPSA) is 86.1 Å². The smallest absolute Gasteiger partial charge is 0.232 e. The minimum atomic E-state index is -3.25. The van der Waals surface area contributed by atoms with Crippen molar-refractivity contribution in [1.29, 1.82) is 0 Å². The van der Waals surface area contributed by atoms with Crippen molar-refractivity contribution in [3.8, 4) is 0 Å². The Kier molecular flexibility index (Phi) is 6.90. The molecule has 0 aromatic heterocycles. The first-order valence-electron chi connectivity index (χ1n) is 6.59. The standard InChI is InChI=1S/C13H20N4O2S/c1-20(18,19)17(13-9-5-4-6-10-13)12-8-3-2-7-11-15-16-14/h4-6,9-10H,2-3,7-8,11-12H2,1H3. The largest absolute Gasteiger partial charge is 0.270 e. The average molecular weight is 296 g/mol. The maximum atomic E-state index is 11.8. The summed E-state index contributed by atoms with van der Waals surface area (Å²) < 4.78 is 25.0. The third-order valence-corrected chi connectivity index (χ3v) is 4.07. The van der Waals surface area contributed by atoms with Crippen LogP contribution in [0, 0.1) is 0 Å². The van der Waals surface area contributed by atoms with Crippen molar-refractivity contribution < 1.29 is 8.42 Å². The molecule has 0 aliphatic carbocycles. The van der Waals surface area contributed by atoms with Crippen molar-refractivity contribution in [3.05, 3.63) is 40.8 Å². The highest BCUT2D eigenvalue weighted by atomic mass is 32.2. The van der Waals surface area contributed by atoms with Crippen molar-refractivity contribution in [1.82, 2.24) is 0 Å². The Hall–Kier alpha value is -1.72. The number of hydrogen-bond donors (Lipinski definition) is 0. The number of anilines is 1. The molecule has 0 heterocycles. The van der Waals surface area contributed by atoms with E-state index in [1.807, 2.05) is 18.2 Å². The van der Waals surface area contributed by atoms with Gasteiger partial charge in [0.1, 0.15) is 0 Å². The normalized spacial score (nSPS) is 10.8. The van der Waals surface area contributed by atoms with Gasteiger partial charge in [0.25, 0.3) is 0 Å². The Labute approximate surface area is 120 Å². The molecule has 0 bridgehead atoms. The van der Waals surface area contributed by atoms with E-state index in [0.29, 0.717) is 18.8 Å². The SMILES string of the molecule is CS(=O)(=O)N(CCCCCCN=[N+]=[N-])c1ccccc1. The molecule has 6 nitrogen and oxygen atoms in total. The van der Waals surface area contributed by atoms with Gasteiger partial charge in [-0.2, -0.15) is 0 Å². The third-order valence-electron chi connectivity index (χ3n) is 2.88. The number of para-hydroxylation sites is 1. The van der Waals surface area contributed by atoms with E-state index in [2.05, 4.69) is 10.0 Å². The number of benzene rings is 1. The minimum Gasteiger partial charge on any atom is -0.270 e. The van der Waals surface area contributed by atoms with Crippen LogP contribution in [0.5, 0.6) is 0 Å². The molecule has 1 aromatic rings. The first-order valence-corrected chi connectivity index (χ1v) is 8.44. The first kappa shape index (κ1) is 16.3. The van der Waals surface area contributed by atoms with Crippen LogP contribution in [0.25, 0.3) is 10.4 Å². The van der Waals surface area contributed by atoms with Crippen molar-refractivity contribution in [2.75, 3.05) is 23.7 Å². The summed E-state index contributed by atoms with van der Waals surface area (Å²) in [5, 5.41) is 3.47. The Bertz CT molecular complexity index is 539. The summed E-state index contributed by atoms with van der Waals surface area (Å²) in [6, 6.07) is 9.10. The minimum absolute atomic E-state index is 0.477. The zero-order chi connectivity index (χ0) is 14.8. The van der Waals surface area contributed by atoms with Gasteiger partial charge in [0.15, 0.2) is 0 Å². The molecule has 7 heteroatoms. The van der Waals surface area contributed by atoms with Crippen LogP contribution in [0.4, 0.5) is 5.69 Å². The van der Waals surface area contributed by atoms with Gasteiger partial charge in [-0.15, -0.1) is 0 Å². The van der Waals surface area contributed by atoms with Crippen molar-refractivity contribution >= 4 is 15.7 Å². The van der Waals surface area contributed by atoms with Gasteiger partial charge in [0, 0.05) is 18.0 Å². The van der Waals surface area contributed by atoms with Crippen LogP contribution in [0.3, 0.4) is 0 Å². The molecule has 0 N–H and O–H groups in total. The molecule has 0 aliphatic rings. The Morgan fingerprint density at radius 2 is 1.80 bits per heavy atom. The van der Waals surface area contributed by atoms with Gasteiger partial charge in [0.05, 0.1) is 11.9 Å². The fourth-order valence-corrected chi connectivity index (χ4v) is 2.88. The molecule has 0 saturated carbocycles. The Balaban J connectivity index is 2.46. The third kappa shape index (κ3) is 5.95. The van der Waals surface area contributed by atoms with Crippen LogP contribution in [-0.4, -0.2) is 27.8 Å². The molecule has 0 fully saturated rings. The molecule has 0 aliphatic heterocycles. The highest BCUT2D eigenvalue weighted by Crippen LogP contribution is 2.17. The quantitative estimate of drug-likeness (QED) is 0.303. The summed E-state index contributed by atoms with van der Waals surface area (Å²) in [7, 11) is -3.25. The number of sulfonamides is 1. The molecule has 0 saturated heterocycles. The predicted octanol–water partition coefficient (Wildman–Crippen LogP) is 3.32.